The Bertz CT molecular complexity index is 929. The van der Waals surface area contributed by atoms with E-state index in [-0.39, 0.29) is 29.1 Å². The molecule has 0 aliphatic heterocycles. The molecule has 1 atom stereocenters. The molecule has 1 N–H and O–H groups in total. The van der Waals surface area contributed by atoms with Gasteiger partial charge in [0.25, 0.3) is 11.5 Å². The maximum absolute atomic E-state index is 12.8. The Morgan fingerprint density at radius 3 is 2.46 bits per heavy atom. The van der Waals surface area contributed by atoms with E-state index in [0.29, 0.717) is 17.3 Å². The third-order valence-electron chi connectivity index (χ3n) is 4.95. The Morgan fingerprint density at radius 2 is 1.82 bits per heavy atom. The molecular formula is C21H27N3O4. The van der Waals surface area contributed by atoms with Gasteiger partial charge in [0.05, 0.1) is 5.39 Å². The Hall–Kier alpha value is -2.70. The molecule has 1 saturated carbocycles. The van der Waals surface area contributed by atoms with E-state index in [1.165, 1.54) is 4.68 Å². The summed E-state index contributed by atoms with van der Waals surface area (Å²) in [4.78, 5) is 37.8. The second kappa shape index (κ2) is 8.54. The van der Waals surface area contributed by atoms with E-state index in [4.69, 9.17) is 4.74 Å². The van der Waals surface area contributed by atoms with Crippen molar-refractivity contribution < 1.29 is 14.3 Å². The molecule has 0 radical (unpaired) electrons. The first-order valence-electron chi connectivity index (χ1n) is 9.88. The largest absolute Gasteiger partial charge is 0.448 e. The number of hydrogen-bond acceptors (Lipinski definition) is 5. The molecule has 7 nitrogen and oxygen atoms in total. The number of hydrogen-bond donors (Lipinski definition) is 1. The second-order valence-corrected chi connectivity index (χ2v) is 7.81. The summed E-state index contributed by atoms with van der Waals surface area (Å²) in [7, 11) is 0. The van der Waals surface area contributed by atoms with E-state index < -0.39 is 12.1 Å². The fourth-order valence-electron chi connectivity index (χ4n) is 3.51. The number of nitrogens with zero attached hydrogens (tertiary/aromatic N) is 2. The maximum Gasteiger partial charge on any atom is 0.360 e. The zero-order valence-electron chi connectivity index (χ0n) is 16.6. The van der Waals surface area contributed by atoms with Gasteiger partial charge in [-0.15, -0.1) is 0 Å². The van der Waals surface area contributed by atoms with E-state index in [0.717, 1.165) is 25.7 Å². The lowest BCUT2D eigenvalue weighted by Crippen LogP contribution is -2.41. The number of carbonyl (C=O) groups is 2. The van der Waals surface area contributed by atoms with E-state index in [9.17, 15) is 14.4 Å². The van der Waals surface area contributed by atoms with Crippen LogP contribution < -0.4 is 10.9 Å². The summed E-state index contributed by atoms with van der Waals surface area (Å²) < 4.78 is 6.69. The Morgan fingerprint density at radius 1 is 1.18 bits per heavy atom. The van der Waals surface area contributed by atoms with Crippen LogP contribution in [0.1, 0.15) is 56.9 Å². The molecule has 0 saturated heterocycles. The third-order valence-corrected chi connectivity index (χ3v) is 4.95. The lowest BCUT2D eigenvalue weighted by Gasteiger charge is -2.18. The van der Waals surface area contributed by atoms with Crippen molar-refractivity contribution in [3.63, 3.8) is 0 Å². The number of rotatable bonds is 6. The monoisotopic (exact) mass is 385 g/mol. The fraction of sp³-hybridized carbons (Fsp3) is 0.524. The number of nitrogens with one attached hydrogen (secondary N) is 1. The van der Waals surface area contributed by atoms with Crippen molar-refractivity contribution in [1.29, 1.82) is 0 Å². The van der Waals surface area contributed by atoms with Gasteiger partial charge in [-0.2, -0.15) is 5.10 Å². The van der Waals surface area contributed by atoms with Crippen LogP contribution in [-0.2, 0) is 16.1 Å². The minimum atomic E-state index is -0.931. The Labute approximate surface area is 164 Å². The Kier molecular flexibility index (Phi) is 6.11. The molecule has 1 heterocycles. The van der Waals surface area contributed by atoms with Crippen LogP contribution in [0.2, 0.25) is 0 Å². The van der Waals surface area contributed by atoms with Crippen molar-refractivity contribution in [2.24, 2.45) is 5.92 Å². The van der Waals surface area contributed by atoms with Gasteiger partial charge in [-0.05, 0) is 31.7 Å². The molecular weight excluding hydrogens is 358 g/mol. The molecule has 1 aromatic heterocycles. The van der Waals surface area contributed by atoms with Gasteiger partial charge >= 0.3 is 5.97 Å². The SMILES string of the molecule is CC(C)Cn1nc(C(=O)O[C@@H](C)C(=O)NC2CCCC2)c2ccccc2c1=O. The highest BCUT2D eigenvalue weighted by Crippen LogP contribution is 2.18. The zero-order valence-corrected chi connectivity index (χ0v) is 16.6. The lowest BCUT2D eigenvalue weighted by atomic mass is 10.1. The van der Waals surface area contributed by atoms with Gasteiger partial charge in [-0.25, -0.2) is 9.48 Å². The first kappa shape index (κ1) is 20.0. The number of amides is 1. The van der Waals surface area contributed by atoms with Gasteiger partial charge in [-0.3, -0.25) is 9.59 Å². The first-order chi connectivity index (χ1) is 13.4. The summed E-state index contributed by atoms with van der Waals surface area (Å²) in [5.74, 6) is -0.825. The molecule has 1 aromatic carbocycles. The second-order valence-electron chi connectivity index (χ2n) is 7.81. The molecule has 1 aliphatic carbocycles. The lowest BCUT2D eigenvalue weighted by molar-refractivity contribution is -0.129. The van der Waals surface area contributed by atoms with Crippen LogP contribution in [0.15, 0.2) is 29.1 Å². The van der Waals surface area contributed by atoms with Gasteiger partial charge in [0, 0.05) is 18.0 Å². The van der Waals surface area contributed by atoms with E-state index in [1.54, 1.807) is 31.2 Å². The molecule has 1 amide bonds. The van der Waals surface area contributed by atoms with Crippen molar-refractivity contribution in [2.75, 3.05) is 0 Å². The standard InChI is InChI=1S/C21H27N3O4/c1-13(2)12-24-20(26)17-11-7-6-10-16(17)18(23-24)21(27)28-14(3)19(25)22-15-8-4-5-9-15/h6-7,10-11,13-15H,4-5,8-9,12H2,1-3H3,(H,22,25)/t14-/m0/s1. The van der Waals surface area contributed by atoms with Crippen molar-refractivity contribution in [1.82, 2.24) is 15.1 Å². The van der Waals surface area contributed by atoms with Gasteiger partial charge < -0.3 is 10.1 Å². The minimum absolute atomic E-state index is 0.0522. The van der Waals surface area contributed by atoms with Crippen molar-refractivity contribution in [2.45, 2.75) is 65.1 Å². The predicted octanol–water partition coefficient (Wildman–Crippen LogP) is 2.66. The van der Waals surface area contributed by atoms with Gasteiger partial charge in [-0.1, -0.05) is 44.9 Å². The molecule has 28 heavy (non-hydrogen) atoms. The molecule has 3 rings (SSSR count). The molecule has 0 unspecified atom stereocenters. The van der Waals surface area contributed by atoms with Gasteiger partial charge in [0.2, 0.25) is 0 Å². The molecule has 7 heteroatoms. The van der Waals surface area contributed by atoms with Crippen molar-refractivity contribution in [3.8, 4) is 0 Å². The van der Waals surface area contributed by atoms with Crippen LogP contribution in [-0.4, -0.2) is 33.8 Å². The molecule has 0 spiro atoms. The number of carbonyl (C=O) groups excluding carboxylic acids is 2. The minimum Gasteiger partial charge on any atom is -0.448 e. The average molecular weight is 385 g/mol. The summed E-state index contributed by atoms with van der Waals surface area (Å²) in [6.07, 6.45) is 3.19. The number of benzene rings is 1. The number of aromatic nitrogens is 2. The normalized spacial score (nSPS) is 15.7. The van der Waals surface area contributed by atoms with E-state index in [2.05, 4.69) is 10.4 Å². The van der Waals surface area contributed by atoms with Crippen LogP contribution in [0.4, 0.5) is 0 Å². The number of fused-ring (bicyclic) bond motifs is 1. The zero-order chi connectivity index (χ0) is 20.3. The third kappa shape index (κ3) is 4.40. The highest BCUT2D eigenvalue weighted by Gasteiger charge is 2.25. The Balaban J connectivity index is 1.84. The summed E-state index contributed by atoms with van der Waals surface area (Å²) in [6, 6.07) is 6.98. The average Bonchev–Trinajstić information content (AvgIpc) is 3.16. The van der Waals surface area contributed by atoms with Crippen LogP contribution in [0.5, 0.6) is 0 Å². The van der Waals surface area contributed by atoms with Gasteiger partial charge in [0.15, 0.2) is 11.8 Å². The highest BCUT2D eigenvalue weighted by molar-refractivity contribution is 6.02. The summed E-state index contributed by atoms with van der Waals surface area (Å²) in [5, 5.41) is 8.02. The molecule has 2 aromatic rings. The van der Waals surface area contributed by atoms with Crippen molar-refractivity contribution in [3.05, 3.63) is 40.3 Å². The quantitative estimate of drug-likeness (QED) is 0.772. The van der Waals surface area contributed by atoms with Crippen LogP contribution in [0.3, 0.4) is 0 Å². The van der Waals surface area contributed by atoms with Crippen LogP contribution in [0, 0.1) is 5.92 Å². The highest BCUT2D eigenvalue weighted by atomic mass is 16.5. The maximum atomic E-state index is 12.8. The summed E-state index contributed by atoms with van der Waals surface area (Å²) >= 11 is 0. The predicted molar refractivity (Wildman–Crippen MR) is 106 cm³/mol. The van der Waals surface area contributed by atoms with E-state index in [1.807, 2.05) is 13.8 Å². The smallest absolute Gasteiger partial charge is 0.360 e. The van der Waals surface area contributed by atoms with Gasteiger partial charge in [0.1, 0.15) is 0 Å². The summed E-state index contributed by atoms with van der Waals surface area (Å²) in [5.41, 5.74) is -0.191. The molecule has 150 valence electrons. The number of ether oxygens (including phenoxy) is 1. The first-order valence-corrected chi connectivity index (χ1v) is 9.88. The van der Waals surface area contributed by atoms with E-state index >= 15 is 0 Å². The molecule has 0 bridgehead atoms. The summed E-state index contributed by atoms with van der Waals surface area (Å²) in [6.45, 7) is 5.88. The number of esters is 1. The van der Waals surface area contributed by atoms with Crippen LogP contribution >= 0.6 is 0 Å². The van der Waals surface area contributed by atoms with Crippen molar-refractivity contribution >= 4 is 22.6 Å². The van der Waals surface area contributed by atoms with Crippen LogP contribution in [0.25, 0.3) is 10.8 Å². The fourth-order valence-corrected chi connectivity index (χ4v) is 3.51. The molecule has 1 aliphatic rings. The topological polar surface area (TPSA) is 90.3 Å². The molecule has 1 fully saturated rings.